The van der Waals surface area contributed by atoms with Gasteiger partial charge in [-0.05, 0) is 34.1 Å². The van der Waals surface area contributed by atoms with Gasteiger partial charge in [0.15, 0.2) is 0 Å². The Morgan fingerprint density at radius 3 is 2.68 bits per heavy atom. The maximum absolute atomic E-state index is 11.9. The third kappa shape index (κ3) is 5.15. The Balaban J connectivity index is 2.56. The predicted octanol–water partition coefficient (Wildman–Crippen LogP) is -0.189. The van der Waals surface area contributed by atoms with E-state index in [1.165, 1.54) is 18.2 Å². The second-order valence-corrected chi connectivity index (χ2v) is 6.22. The number of carbonyl (C=O) groups is 1. The van der Waals surface area contributed by atoms with Crippen molar-refractivity contribution < 1.29 is 17.9 Å². The number of hydrogen-bond donors (Lipinski definition) is 3. The molecule has 9 heteroatoms. The SMILES string of the molecule is NC(=O)COCCNS(=O)(=O)c1ccc(N)c(Br)c1. The van der Waals surface area contributed by atoms with Crippen LogP contribution in [0.3, 0.4) is 0 Å². The van der Waals surface area contributed by atoms with Gasteiger partial charge < -0.3 is 16.2 Å². The Labute approximate surface area is 119 Å². The summed E-state index contributed by atoms with van der Waals surface area (Å²) in [6, 6.07) is 4.29. The predicted molar refractivity (Wildman–Crippen MR) is 73.8 cm³/mol. The molecule has 0 aromatic heterocycles. The van der Waals surface area contributed by atoms with Gasteiger partial charge in [-0.15, -0.1) is 0 Å². The summed E-state index contributed by atoms with van der Waals surface area (Å²) in [5, 5.41) is 0. The molecular formula is C10H14BrN3O4S. The molecule has 1 amide bonds. The topological polar surface area (TPSA) is 125 Å². The van der Waals surface area contributed by atoms with E-state index < -0.39 is 15.9 Å². The average Bonchev–Trinajstić information content (AvgIpc) is 2.31. The Morgan fingerprint density at radius 1 is 1.42 bits per heavy atom. The first kappa shape index (κ1) is 15.9. The van der Waals surface area contributed by atoms with E-state index >= 15 is 0 Å². The van der Waals surface area contributed by atoms with Crippen LogP contribution in [0.5, 0.6) is 0 Å². The van der Waals surface area contributed by atoms with Crippen molar-refractivity contribution in [3.8, 4) is 0 Å². The fourth-order valence-electron chi connectivity index (χ4n) is 1.18. The third-order valence-corrected chi connectivity index (χ3v) is 4.21. The van der Waals surface area contributed by atoms with Crippen molar-refractivity contribution in [2.24, 2.45) is 5.73 Å². The molecule has 0 saturated carbocycles. The molecule has 1 rings (SSSR count). The van der Waals surface area contributed by atoms with E-state index in [1.807, 2.05) is 0 Å². The monoisotopic (exact) mass is 351 g/mol. The molecule has 19 heavy (non-hydrogen) atoms. The number of anilines is 1. The van der Waals surface area contributed by atoms with E-state index in [9.17, 15) is 13.2 Å². The van der Waals surface area contributed by atoms with Crippen LogP contribution in [0.4, 0.5) is 5.69 Å². The van der Waals surface area contributed by atoms with Crippen LogP contribution in [0.25, 0.3) is 0 Å². The number of amides is 1. The van der Waals surface area contributed by atoms with Crippen LogP contribution in [0.15, 0.2) is 27.6 Å². The molecule has 1 aromatic rings. The molecule has 106 valence electrons. The van der Waals surface area contributed by atoms with Gasteiger partial charge in [-0.3, -0.25) is 4.79 Å². The highest BCUT2D eigenvalue weighted by atomic mass is 79.9. The molecule has 5 N–H and O–H groups in total. The Morgan fingerprint density at radius 2 is 2.11 bits per heavy atom. The van der Waals surface area contributed by atoms with Crippen molar-refractivity contribution in [3.63, 3.8) is 0 Å². The Bertz CT molecular complexity index is 562. The zero-order chi connectivity index (χ0) is 14.5. The molecule has 0 radical (unpaired) electrons. The zero-order valence-corrected chi connectivity index (χ0v) is 12.3. The van der Waals surface area contributed by atoms with Gasteiger partial charge in [0.2, 0.25) is 15.9 Å². The van der Waals surface area contributed by atoms with Gasteiger partial charge in [-0.25, -0.2) is 13.1 Å². The molecule has 0 heterocycles. The fourth-order valence-corrected chi connectivity index (χ4v) is 2.75. The number of hydrogen-bond acceptors (Lipinski definition) is 5. The van der Waals surface area contributed by atoms with Gasteiger partial charge in [0.1, 0.15) is 6.61 Å². The summed E-state index contributed by atoms with van der Waals surface area (Å²) in [5.41, 5.74) is 10.9. The normalized spacial score (nSPS) is 11.4. The van der Waals surface area contributed by atoms with Crippen molar-refractivity contribution in [3.05, 3.63) is 22.7 Å². The second kappa shape index (κ2) is 6.85. The molecule has 0 aliphatic rings. The number of nitrogen functional groups attached to an aromatic ring is 1. The van der Waals surface area contributed by atoms with Gasteiger partial charge in [0.05, 0.1) is 11.5 Å². The standard InChI is InChI=1S/C10H14BrN3O4S/c11-8-5-7(1-2-9(8)12)19(16,17)14-3-4-18-6-10(13)15/h1-2,5,14H,3-4,6,12H2,(H2,13,15). The molecule has 0 unspecified atom stereocenters. The first-order chi connectivity index (χ1) is 8.83. The largest absolute Gasteiger partial charge is 0.398 e. The number of sulfonamides is 1. The highest BCUT2D eigenvalue weighted by Crippen LogP contribution is 2.22. The summed E-state index contributed by atoms with van der Waals surface area (Å²) in [4.78, 5) is 10.5. The van der Waals surface area contributed by atoms with E-state index in [2.05, 4.69) is 20.7 Å². The number of nitrogens with one attached hydrogen (secondary N) is 1. The number of benzene rings is 1. The van der Waals surface area contributed by atoms with Crippen molar-refractivity contribution in [2.45, 2.75) is 4.90 Å². The lowest BCUT2D eigenvalue weighted by Gasteiger charge is -2.08. The third-order valence-electron chi connectivity index (χ3n) is 2.07. The maximum atomic E-state index is 11.9. The minimum atomic E-state index is -3.63. The lowest BCUT2D eigenvalue weighted by atomic mass is 10.3. The van der Waals surface area contributed by atoms with Crippen LogP contribution in [0, 0.1) is 0 Å². The minimum Gasteiger partial charge on any atom is -0.398 e. The van der Waals surface area contributed by atoms with Gasteiger partial charge >= 0.3 is 0 Å². The number of ether oxygens (including phenoxy) is 1. The molecule has 7 nitrogen and oxygen atoms in total. The number of nitrogens with two attached hydrogens (primary N) is 2. The molecule has 0 atom stereocenters. The van der Waals surface area contributed by atoms with Gasteiger partial charge in [0, 0.05) is 16.7 Å². The van der Waals surface area contributed by atoms with Crippen LogP contribution in [-0.2, 0) is 19.6 Å². The number of halogens is 1. The average molecular weight is 352 g/mol. The van der Waals surface area contributed by atoms with E-state index in [4.69, 9.17) is 16.2 Å². The van der Waals surface area contributed by atoms with Crippen molar-refractivity contribution in [1.82, 2.24) is 4.72 Å². The van der Waals surface area contributed by atoms with E-state index in [0.29, 0.717) is 10.2 Å². The summed E-state index contributed by atoms with van der Waals surface area (Å²) in [6.45, 7) is -0.148. The first-order valence-electron chi connectivity index (χ1n) is 5.23. The van der Waals surface area contributed by atoms with Gasteiger partial charge in [-0.2, -0.15) is 0 Å². The summed E-state index contributed by atoms with van der Waals surface area (Å²) in [7, 11) is -3.63. The van der Waals surface area contributed by atoms with Crippen molar-refractivity contribution in [1.29, 1.82) is 0 Å². The summed E-state index contributed by atoms with van der Waals surface area (Å²) in [6.07, 6.45) is 0. The summed E-state index contributed by atoms with van der Waals surface area (Å²) in [5.74, 6) is -0.606. The summed E-state index contributed by atoms with van der Waals surface area (Å²) >= 11 is 3.15. The highest BCUT2D eigenvalue weighted by molar-refractivity contribution is 9.10. The van der Waals surface area contributed by atoms with E-state index in [0.717, 1.165) is 0 Å². The highest BCUT2D eigenvalue weighted by Gasteiger charge is 2.14. The molecule has 0 aliphatic heterocycles. The molecule has 0 fully saturated rings. The molecule has 0 aliphatic carbocycles. The Kier molecular flexibility index (Phi) is 5.73. The molecule has 0 saturated heterocycles. The van der Waals surface area contributed by atoms with E-state index in [-0.39, 0.29) is 24.7 Å². The first-order valence-corrected chi connectivity index (χ1v) is 7.51. The van der Waals surface area contributed by atoms with Crippen molar-refractivity contribution >= 4 is 37.5 Å². The van der Waals surface area contributed by atoms with Crippen LogP contribution in [-0.4, -0.2) is 34.1 Å². The second-order valence-electron chi connectivity index (χ2n) is 3.60. The van der Waals surface area contributed by atoms with Crippen LogP contribution in [0.1, 0.15) is 0 Å². The smallest absolute Gasteiger partial charge is 0.243 e. The van der Waals surface area contributed by atoms with Gasteiger partial charge in [-0.1, -0.05) is 0 Å². The molecular weight excluding hydrogens is 338 g/mol. The number of primary amides is 1. The number of rotatable bonds is 7. The minimum absolute atomic E-state index is 0.0393. The summed E-state index contributed by atoms with van der Waals surface area (Å²) < 4.78 is 31.4. The Hall–Kier alpha value is -1.16. The lowest BCUT2D eigenvalue weighted by molar-refractivity contribution is -0.122. The van der Waals surface area contributed by atoms with E-state index in [1.54, 1.807) is 0 Å². The lowest BCUT2D eigenvalue weighted by Crippen LogP contribution is -2.29. The van der Waals surface area contributed by atoms with Gasteiger partial charge in [0.25, 0.3) is 0 Å². The van der Waals surface area contributed by atoms with Crippen LogP contribution < -0.4 is 16.2 Å². The number of carbonyl (C=O) groups excluding carboxylic acids is 1. The van der Waals surface area contributed by atoms with Crippen LogP contribution >= 0.6 is 15.9 Å². The molecule has 0 bridgehead atoms. The molecule has 0 spiro atoms. The quantitative estimate of drug-likeness (QED) is 0.463. The maximum Gasteiger partial charge on any atom is 0.243 e. The fraction of sp³-hybridized carbons (Fsp3) is 0.300. The zero-order valence-electron chi connectivity index (χ0n) is 9.93. The van der Waals surface area contributed by atoms with Crippen LogP contribution in [0.2, 0.25) is 0 Å². The molecule has 1 aromatic carbocycles. The van der Waals surface area contributed by atoms with Crippen molar-refractivity contribution in [2.75, 3.05) is 25.5 Å².